The molecule has 150 valence electrons. The van der Waals surface area contributed by atoms with Crippen molar-refractivity contribution in [3.8, 4) is 0 Å². The highest BCUT2D eigenvalue weighted by Gasteiger charge is 2.13. The SMILES string of the molecule is CCc1nc2ccccc2n1CC(=O)Nc1cccc(C(=O)Nc2ccncc2)c1. The summed E-state index contributed by atoms with van der Waals surface area (Å²) in [6.07, 6.45) is 3.94. The van der Waals surface area contributed by atoms with Crippen LogP contribution >= 0.6 is 0 Å². The third kappa shape index (κ3) is 4.20. The molecule has 0 unspecified atom stereocenters. The highest BCUT2D eigenvalue weighted by molar-refractivity contribution is 6.05. The number of para-hydroxylation sites is 2. The number of aromatic nitrogens is 3. The van der Waals surface area contributed by atoms with Gasteiger partial charge in [0.15, 0.2) is 0 Å². The van der Waals surface area contributed by atoms with E-state index < -0.39 is 0 Å². The summed E-state index contributed by atoms with van der Waals surface area (Å²) in [6.45, 7) is 2.16. The maximum atomic E-state index is 12.7. The average Bonchev–Trinajstić information content (AvgIpc) is 3.12. The number of hydrogen-bond acceptors (Lipinski definition) is 4. The van der Waals surface area contributed by atoms with Gasteiger partial charge in [0.05, 0.1) is 11.0 Å². The fraction of sp³-hybridized carbons (Fsp3) is 0.130. The molecule has 0 aliphatic carbocycles. The molecule has 0 aliphatic rings. The van der Waals surface area contributed by atoms with Crippen LogP contribution in [0.3, 0.4) is 0 Å². The Hall–Kier alpha value is -4.00. The quantitative estimate of drug-likeness (QED) is 0.515. The van der Waals surface area contributed by atoms with E-state index in [2.05, 4.69) is 20.6 Å². The van der Waals surface area contributed by atoms with Crippen molar-refractivity contribution in [2.45, 2.75) is 19.9 Å². The summed E-state index contributed by atoms with van der Waals surface area (Å²) in [4.78, 5) is 33.7. The summed E-state index contributed by atoms with van der Waals surface area (Å²) in [5.41, 5.74) is 3.47. The predicted octanol–water partition coefficient (Wildman–Crippen LogP) is 3.88. The van der Waals surface area contributed by atoms with Crippen LogP contribution < -0.4 is 10.6 Å². The number of nitrogens with zero attached hydrogens (tertiary/aromatic N) is 3. The molecule has 0 saturated carbocycles. The van der Waals surface area contributed by atoms with E-state index in [1.807, 2.05) is 35.8 Å². The third-order valence-corrected chi connectivity index (χ3v) is 4.70. The first kappa shape index (κ1) is 19.3. The first-order valence-corrected chi connectivity index (χ1v) is 9.69. The van der Waals surface area contributed by atoms with Crippen molar-refractivity contribution in [3.05, 3.63) is 84.4 Å². The molecular formula is C23H21N5O2. The van der Waals surface area contributed by atoms with Gasteiger partial charge in [-0.2, -0.15) is 0 Å². The number of amides is 2. The third-order valence-electron chi connectivity index (χ3n) is 4.70. The summed E-state index contributed by atoms with van der Waals surface area (Å²) in [5.74, 6) is 0.419. The number of imidazole rings is 1. The number of anilines is 2. The van der Waals surface area contributed by atoms with Crippen molar-refractivity contribution >= 4 is 34.2 Å². The lowest BCUT2D eigenvalue weighted by Gasteiger charge is -2.10. The van der Waals surface area contributed by atoms with Gasteiger partial charge in [-0.05, 0) is 42.5 Å². The molecule has 2 N–H and O–H groups in total. The molecule has 0 spiro atoms. The van der Waals surface area contributed by atoms with Crippen molar-refractivity contribution in [2.24, 2.45) is 0 Å². The molecule has 2 amide bonds. The van der Waals surface area contributed by atoms with E-state index >= 15 is 0 Å². The van der Waals surface area contributed by atoms with Gasteiger partial charge in [0.2, 0.25) is 5.91 Å². The average molecular weight is 399 g/mol. The van der Waals surface area contributed by atoms with Gasteiger partial charge >= 0.3 is 0 Å². The van der Waals surface area contributed by atoms with Crippen LogP contribution in [0, 0.1) is 0 Å². The molecule has 30 heavy (non-hydrogen) atoms. The number of nitrogens with one attached hydrogen (secondary N) is 2. The van der Waals surface area contributed by atoms with Gasteiger partial charge in [0.1, 0.15) is 12.4 Å². The summed E-state index contributed by atoms with van der Waals surface area (Å²) < 4.78 is 1.92. The van der Waals surface area contributed by atoms with Crippen molar-refractivity contribution in [1.82, 2.24) is 14.5 Å². The van der Waals surface area contributed by atoms with E-state index in [1.54, 1.807) is 48.8 Å². The van der Waals surface area contributed by atoms with Crippen LogP contribution in [0.25, 0.3) is 11.0 Å². The molecular weight excluding hydrogens is 378 g/mol. The van der Waals surface area contributed by atoms with E-state index in [1.165, 1.54) is 0 Å². The monoisotopic (exact) mass is 399 g/mol. The fourth-order valence-corrected chi connectivity index (χ4v) is 3.29. The molecule has 0 aliphatic heterocycles. The van der Waals surface area contributed by atoms with Gasteiger partial charge < -0.3 is 15.2 Å². The molecule has 0 radical (unpaired) electrons. The van der Waals surface area contributed by atoms with Crippen LogP contribution in [0.4, 0.5) is 11.4 Å². The number of hydrogen-bond donors (Lipinski definition) is 2. The highest BCUT2D eigenvalue weighted by Crippen LogP contribution is 2.18. The topological polar surface area (TPSA) is 88.9 Å². The molecule has 2 heterocycles. The number of fused-ring (bicyclic) bond motifs is 1. The lowest BCUT2D eigenvalue weighted by atomic mass is 10.2. The van der Waals surface area contributed by atoms with E-state index in [-0.39, 0.29) is 18.4 Å². The normalized spacial score (nSPS) is 10.7. The molecule has 2 aromatic heterocycles. The van der Waals surface area contributed by atoms with Crippen LogP contribution in [0.15, 0.2) is 73.1 Å². The summed E-state index contributed by atoms with van der Waals surface area (Å²) in [6, 6.07) is 18.0. The smallest absolute Gasteiger partial charge is 0.255 e. The zero-order chi connectivity index (χ0) is 20.9. The second-order valence-electron chi connectivity index (χ2n) is 6.78. The fourth-order valence-electron chi connectivity index (χ4n) is 3.29. The second kappa shape index (κ2) is 8.57. The maximum Gasteiger partial charge on any atom is 0.255 e. The Kier molecular flexibility index (Phi) is 5.52. The largest absolute Gasteiger partial charge is 0.325 e. The van der Waals surface area contributed by atoms with E-state index in [0.29, 0.717) is 16.9 Å². The Bertz CT molecular complexity index is 1200. The van der Waals surface area contributed by atoms with Gasteiger partial charge in [-0.3, -0.25) is 14.6 Å². The standard InChI is InChI=1S/C23H21N5O2/c1-2-21-27-19-8-3-4-9-20(19)28(21)15-22(29)25-18-7-5-6-16(14-18)23(30)26-17-10-12-24-13-11-17/h3-14H,2,15H2,1H3,(H,25,29)(H,24,26,30). The Morgan fingerprint density at radius 1 is 0.933 bits per heavy atom. The molecule has 0 atom stereocenters. The second-order valence-corrected chi connectivity index (χ2v) is 6.78. The molecule has 0 fully saturated rings. The van der Waals surface area contributed by atoms with Gasteiger partial charge in [0, 0.05) is 35.8 Å². The van der Waals surface area contributed by atoms with Crippen molar-refractivity contribution in [3.63, 3.8) is 0 Å². The van der Waals surface area contributed by atoms with Crippen molar-refractivity contribution < 1.29 is 9.59 Å². The molecule has 2 aromatic carbocycles. The molecule has 0 bridgehead atoms. The molecule has 0 saturated heterocycles. The minimum atomic E-state index is -0.258. The number of rotatable bonds is 6. The summed E-state index contributed by atoms with van der Waals surface area (Å²) in [5, 5.41) is 5.68. The van der Waals surface area contributed by atoms with E-state index in [4.69, 9.17) is 0 Å². The number of aryl methyl sites for hydroxylation is 1. The highest BCUT2D eigenvalue weighted by atomic mass is 16.2. The van der Waals surface area contributed by atoms with Crippen LogP contribution in [0.1, 0.15) is 23.1 Å². The molecule has 7 nitrogen and oxygen atoms in total. The molecule has 4 rings (SSSR count). The zero-order valence-corrected chi connectivity index (χ0v) is 16.5. The number of carbonyl (C=O) groups is 2. The van der Waals surface area contributed by atoms with Crippen molar-refractivity contribution in [1.29, 1.82) is 0 Å². The number of carbonyl (C=O) groups excluding carboxylic acids is 2. The van der Waals surface area contributed by atoms with Gasteiger partial charge in [-0.1, -0.05) is 25.1 Å². The lowest BCUT2D eigenvalue weighted by Crippen LogP contribution is -2.20. The van der Waals surface area contributed by atoms with Crippen LogP contribution in [0.2, 0.25) is 0 Å². The number of benzene rings is 2. The van der Waals surface area contributed by atoms with E-state index in [9.17, 15) is 9.59 Å². The lowest BCUT2D eigenvalue weighted by molar-refractivity contribution is -0.116. The Labute approximate surface area is 173 Å². The van der Waals surface area contributed by atoms with Crippen molar-refractivity contribution in [2.75, 3.05) is 10.6 Å². The van der Waals surface area contributed by atoms with Gasteiger partial charge in [-0.25, -0.2) is 4.98 Å². The van der Waals surface area contributed by atoms with Gasteiger partial charge in [-0.15, -0.1) is 0 Å². The zero-order valence-electron chi connectivity index (χ0n) is 16.5. The molecule has 4 aromatic rings. The van der Waals surface area contributed by atoms with E-state index in [0.717, 1.165) is 23.3 Å². The maximum absolute atomic E-state index is 12.7. The Balaban J connectivity index is 1.48. The number of pyridine rings is 1. The first-order valence-electron chi connectivity index (χ1n) is 9.69. The Morgan fingerprint density at radius 2 is 1.73 bits per heavy atom. The van der Waals surface area contributed by atoms with Crippen LogP contribution in [-0.2, 0) is 17.8 Å². The summed E-state index contributed by atoms with van der Waals surface area (Å²) >= 11 is 0. The summed E-state index contributed by atoms with van der Waals surface area (Å²) in [7, 11) is 0. The van der Waals surface area contributed by atoms with Crippen LogP contribution in [-0.4, -0.2) is 26.3 Å². The Morgan fingerprint density at radius 3 is 2.53 bits per heavy atom. The minimum absolute atomic E-state index is 0.150. The van der Waals surface area contributed by atoms with Crippen LogP contribution in [0.5, 0.6) is 0 Å². The predicted molar refractivity (Wildman–Crippen MR) is 116 cm³/mol. The first-order chi connectivity index (χ1) is 14.6. The van der Waals surface area contributed by atoms with Gasteiger partial charge in [0.25, 0.3) is 5.91 Å². The minimum Gasteiger partial charge on any atom is -0.325 e. The molecule has 7 heteroatoms.